The van der Waals surface area contributed by atoms with Gasteiger partial charge in [0.2, 0.25) is 0 Å². The minimum absolute atomic E-state index is 0.0176. The minimum Gasteiger partial charge on any atom is -0.352 e. The molecule has 0 radical (unpaired) electrons. The van der Waals surface area contributed by atoms with E-state index in [0.717, 1.165) is 46.6 Å². The molecule has 0 fully saturated rings. The molecule has 0 saturated heterocycles. The Morgan fingerprint density at radius 3 is 2.70 bits per heavy atom. The molecular formula is C19H20N2OS. The van der Waals surface area contributed by atoms with Crippen molar-refractivity contribution in [3.63, 3.8) is 0 Å². The van der Waals surface area contributed by atoms with Crippen LogP contribution in [0.2, 0.25) is 0 Å². The molecule has 3 aromatic rings. The van der Waals surface area contributed by atoms with Crippen LogP contribution in [0, 0.1) is 0 Å². The summed E-state index contributed by atoms with van der Waals surface area (Å²) in [6.45, 7) is 2.88. The van der Waals surface area contributed by atoms with E-state index in [1.54, 1.807) is 11.3 Å². The lowest BCUT2D eigenvalue weighted by atomic mass is 10.1. The number of para-hydroxylation sites is 1. The average molecular weight is 324 g/mol. The number of nitrogens with one attached hydrogen (secondary N) is 1. The quantitative estimate of drug-likeness (QED) is 0.656. The monoisotopic (exact) mass is 324 g/mol. The van der Waals surface area contributed by atoms with Gasteiger partial charge >= 0.3 is 0 Å². The minimum atomic E-state index is -0.0176. The number of carbonyl (C=O) groups excluding carboxylic acids is 1. The summed E-state index contributed by atoms with van der Waals surface area (Å²) >= 11 is 1.62. The fourth-order valence-electron chi connectivity index (χ4n) is 2.53. The van der Waals surface area contributed by atoms with Crippen LogP contribution in [0.4, 0.5) is 0 Å². The van der Waals surface area contributed by atoms with E-state index >= 15 is 0 Å². The molecule has 1 heterocycles. The Kier molecular flexibility index (Phi) is 5.03. The number of carbonyl (C=O) groups is 1. The smallest absolute Gasteiger partial charge is 0.251 e. The first-order valence-electron chi connectivity index (χ1n) is 8.02. The van der Waals surface area contributed by atoms with Gasteiger partial charge < -0.3 is 5.32 Å². The summed E-state index contributed by atoms with van der Waals surface area (Å²) in [6, 6.07) is 15.8. The van der Waals surface area contributed by atoms with Gasteiger partial charge in [-0.25, -0.2) is 4.98 Å². The lowest BCUT2D eigenvalue weighted by molar-refractivity contribution is 0.0953. The molecule has 0 spiro atoms. The van der Waals surface area contributed by atoms with Crippen molar-refractivity contribution in [2.75, 3.05) is 6.54 Å². The Hall–Kier alpha value is -2.20. The zero-order chi connectivity index (χ0) is 16.1. The summed E-state index contributed by atoms with van der Waals surface area (Å²) in [5.41, 5.74) is 2.58. The molecule has 23 heavy (non-hydrogen) atoms. The van der Waals surface area contributed by atoms with Gasteiger partial charge in [0.15, 0.2) is 0 Å². The molecule has 0 atom stereocenters. The predicted octanol–water partition coefficient (Wildman–Crippen LogP) is 4.88. The third-order valence-corrected chi connectivity index (χ3v) is 4.83. The average Bonchev–Trinajstić information content (AvgIpc) is 3.02. The summed E-state index contributed by atoms with van der Waals surface area (Å²) < 4.78 is 1.14. The Bertz CT molecular complexity index is 777. The summed E-state index contributed by atoms with van der Waals surface area (Å²) in [6.07, 6.45) is 3.31. The normalized spacial score (nSPS) is 10.8. The zero-order valence-corrected chi connectivity index (χ0v) is 14.0. The zero-order valence-electron chi connectivity index (χ0n) is 13.2. The van der Waals surface area contributed by atoms with Gasteiger partial charge in [0.05, 0.1) is 10.2 Å². The van der Waals surface area contributed by atoms with E-state index < -0.39 is 0 Å². The van der Waals surface area contributed by atoms with Crippen LogP contribution in [0.1, 0.15) is 36.5 Å². The van der Waals surface area contributed by atoms with Crippen molar-refractivity contribution >= 4 is 27.5 Å². The summed E-state index contributed by atoms with van der Waals surface area (Å²) in [5, 5.41) is 3.91. The molecule has 0 aliphatic heterocycles. The predicted molar refractivity (Wildman–Crippen MR) is 96.9 cm³/mol. The molecule has 1 amide bonds. The van der Waals surface area contributed by atoms with E-state index in [1.165, 1.54) is 0 Å². The first-order valence-corrected chi connectivity index (χ1v) is 8.84. The topological polar surface area (TPSA) is 42.0 Å². The first kappa shape index (κ1) is 15.7. The molecular weight excluding hydrogens is 304 g/mol. The molecule has 2 aromatic carbocycles. The number of amides is 1. The van der Waals surface area contributed by atoms with Gasteiger partial charge in [-0.05, 0) is 24.6 Å². The molecule has 0 saturated carbocycles. The van der Waals surface area contributed by atoms with Gasteiger partial charge in [-0.1, -0.05) is 50.1 Å². The van der Waals surface area contributed by atoms with E-state index in [4.69, 9.17) is 0 Å². The van der Waals surface area contributed by atoms with E-state index in [-0.39, 0.29) is 5.91 Å². The molecule has 1 aromatic heterocycles. The van der Waals surface area contributed by atoms with Crippen molar-refractivity contribution in [1.29, 1.82) is 0 Å². The maximum absolute atomic E-state index is 12.5. The number of rotatable bonds is 6. The fraction of sp³-hybridized carbons (Fsp3) is 0.263. The third-order valence-electron chi connectivity index (χ3n) is 3.76. The second kappa shape index (κ2) is 7.38. The Morgan fingerprint density at radius 1 is 1.09 bits per heavy atom. The van der Waals surface area contributed by atoms with Gasteiger partial charge in [0.25, 0.3) is 5.91 Å². The highest BCUT2D eigenvalue weighted by molar-refractivity contribution is 7.21. The second-order valence-electron chi connectivity index (χ2n) is 5.50. The first-order chi connectivity index (χ1) is 11.3. The third kappa shape index (κ3) is 3.59. The maximum atomic E-state index is 12.5. The second-order valence-corrected chi connectivity index (χ2v) is 6.53. The Labute approximate surface area is 140 Å². The van der Waals surface area contributed by atoms with Crippen LogP contribution in [0.3, 0.4) is 0 Å². The van der Waals surface area contributed by atoms with Crippen LogP contribution in [0.15, 0.2) is 48.5 Å². The van der Waals surface area contributed by atoms with E-state index in [1.807, 2.05) is 42.5 Å². The van der Waals surface area contributed by atoms with Crippen LogP contribution in [-0.2, 0) is 0 Å². The van der Waals surface area contributed by atoms with E-state index in [2.05, 4.69) is 23.3 Å². The van der Waals surface area contributed by atoms with Crippen molar-refractivity contribution in [2.45, 2.75) is 26.2 Å². The van der Waals surface area contributed by atoms with Crippen LogP contribution in [0.25, 0.3) is 20.8 Å². The molecule has 0 aliphatic rings. The highest BCUT2D eigenvalue weighted by Gasteiger charge is 2.15. The standard InChI is InChI=1S/C19H20N2OS/c1-2-3-8-13-20-18(22)14-9-4-5-10-15(14)19-21-16-11-6-7-12-17(16)23-19/h4-7,9-12H,2-3,8,13H2,1H3,(H,20,22). The number of nitrogens with zero attached hydrogens (tertiary/aromatic N) is 1. The molecule has 1 N–H and O–H groups in total. The van der Waals surface area contributed by atoms with E-state index in [9.17, 15) is 4.79 Å². The number of benzene rings is 2. The molecule has 3 nitrogen and oxygen atoms in total. The van der Waals surface area contributed by atoms with Crippen LogP contribution in [-0.4, -0.2) is 17.4 Å². The number of hydrogen-bond donors (Lipinski definition) is 1. The fourth-order valence-corrected chi connectivity index (χ4v) is 3.53. The van der Waals surface area contributed by atoms with Crippen molar-refractivity contribution in [3.05, 3.63) is 54.1 Å². The van der Waals surface area contributed by atoms with Crippen molar-refractivity contribution in [3.8, 4) is 10.6 Å². The molecule has 0 unspecified atom stereocenters. The molecule has 0 bridgehead atoms. The maximum Gasteiger partial charge on any atom is 0.251 e. The Balaban J connectivity index is 1.86. The summed E-state index contributed by atoms with van der Waals surface area (Å²) in [7, 11) is 0. The van der Waals surface area contributed by atoms with Gasteiger partial charge in [-0.15, -0.1) is 11.3 Å². The van der Waals surface area contributed by atoms with Crippen LogP contribution >= 0.6 is 11.3 Å². The van der Waals surface area contributed by atoms with Gasteiger partial charge in [0.1, 0.15) is 5.01 Å². The summed E-state index contributed by atoms with van der Waals surface area (Å²) in [5.74, 6) is -0.0176. The van der Waals surface area contributed by atoms with Crippen molar-refractivity contribution in [2.24, 2.45) is 0 Å². The lowest BCUT2D eigenvalue weighted by Gasteiger charge is -2.08. The summed E-state index contributed by atoms with van der Waals surface area (Å²) in [4.78, 5) is 17.2. The largest absolute Gasteiger partial charge is 0.352 e. The number of hydrogen-bond acceptors (Lipinski definition) is 3. The number of thiazole rings is 1. The van der Waals surface area contributed by atoms with Gasteiger partial charge in [-0.3, -0.25) is 4.79 Å². The number of unbranched alkanes of at least 4 members (excludes halogenated alkanes) is 2. The SMILES string of the molecule is CCCCCNC(=O)c1ccccc1-c1nc2ccccc2s1. The van der Waals surface area contributed by atoms with Crippen molar-refractivity contribution in [1.82, 2.24) is 10.3 Å². The van der Waals surface area contributed by atoms with Gasteiger partial charge in [0, 0.05) is 17.7 Å². The van der Waals surface area contributed by atoms with Crippen LogP contribution in [0.5, 0.6) is 0 Å². The Morgan fingerprint density at radius 2 is 1.87 bits per heavy atom. The van der Waals surface area contributed by atoms with Crippen molar-refractivity contribution < 1.29 is 4.79 Å². The number of fused-ring (bicyclic) bond motifs is 1. The molecule has 0 aliphatic carbocycles. The number of aromatic nitrogens is 1. The molecule has 118 valence electrons. The van der Waals surface area contributed by atoms with Gasteiger partial charge in [-0.2, -0.15) is 0 Å². The molecule has 3 rings (SSSR count). The highest BCUT2D eigenvalue weighted by Crippen LogP contribution is 2.31. The van der Waals surface area contributed by atoms with E-state index in [0.29, 0.717) is 5.56 Å². The molecule has 4 heteroatoms. The lowest BCUT2D eigenvalue weighted by Crippen LogP contribution is -2.24. The highest BCUT2D eigenvalue weighted by atomic mass is 32.1. The van der Waals surface area contributed by atoms with Crippen LogP contribution < -0.4 is 5.32 Å².